The Bertz CT molecular complexity index is 768. The number of furan rings is 1. The van der Waals surface area contributed by atoms with Crippen molar-refractivity contribution in [3.63, 3.8) is 0 Å². The lowest BCUT2D eigenvalue weighted by atomic mass is 9.87. The van der Waals surface area contributed by atoms with Crippen LogP contribution in [0.3, 0.4) is 0 Å². The first-order valence-electron chi connectivity index (χ1n) is 9.36. The Labute approximate surface area is 152 Å². The first-order chi connectivity index (χ1) is 12.1. The minimum absolute atomic E-state index is 0.521. The summed E-state index contributed by atoms with van der Waals surface area (Å²) in [5.74, 6) is 2.16. The van der Waals surface area contributed by atoms with Gasteiger partial charge >= 0.3 is 0 Å². The molecule has 0 fully saturated rings. The van der Waals surface area contributed by atoms with E-state index in [1.54, 1.807) is 0 Å². The number of hydrogen-bond acceptors (Lipinski definition) is 2. The molecule has 1 aromatic heterocycles. The molecule has 2 nitrogen and oxygen atoms in total. The van der Waals surface area contributed by atoms with Crippen molar-refractivity contribution in [2.45, 2.75) is 47.0 Å². The Morgan fingerprint density at radius 1 is 0.960 bits per heavy atom. The van der Waals surface area contributed by atoms with E-state index < -0.39 is 0 Å². The van der Waals surface area contributed by atoms with Crippen LogP contribution in [0.2, 0.25) is 0 Å². The number of rotatable bonds is 5. The van der Waals surface area contributed by atoms with E-state index in [-0.39, 0.29) is 0 Å². The lowest BCUT2D eigenvalue weighted by Crippen LogP contribution is -2.06. The van der Waals surface area contributed by atoms with E-state index in [1.807, 2.05) is 39.1 Å². The summed E-state index contributed by atoms with van der Waals surface area (Å²) in [6.45, 7) is 10.8. The molecule has 0 amide bonds. The Kier molecular flexibility index (Phi) is 6.69. The van der Waals surface area contributed by atoms with Crippen molar-refractivity contribution in [2.75, 3.05) is 12.4 Å². The molecule has 0 radical (unpaired) electrons. The van der Waals surface area contributed by atoms with Crippen molar-refractivity contribution in [1.82, 2.24) is 0 Å². The van der Waals surface area contributed by atoms with Gasteiger partial charge in [-0.3, -0.25) is 0 Å². The van der Waals surface area contributed by atoms with E-state index in [0.29, 0.717) is 11.8 Å². The third kappa shape index (κ3) is 4.45. The fourth-order valence-corrected chi connectivity index (χ4v) is 3.01. The van der Waals surface area contributed by atoms with E-state index in [4.69, 9.17) is 4.42 Å². The molecule has 134 valence electrons. The van der Waals surface area contributed by atoms with Crippen molar-refractivity contribution in [1.29, 1.82) is 0 Å². The van der Waals surface area contributed by atoms with E-state index in [9.17, 15) is 0 Å². The fraction of sp³-hybridized carbons (Fsp3) is 0.391. The summed E-state index contributed by atoms with van der Waals surface area (Å²) in [5.41, 5.74) is 4.87. The third-order valence-electron chi connectivity index (χ3n) is 4.73. The van der Waals surface area contributed by atoms with Gasteiger partial charge in [0, 0.05) is 24.5 Å². The van der Waals surface area contributed by atoms with Crippen LogP contribution in [-0.4, -0.2) is 7.05 Å². The highest BCUT2D eigenvalue weighted by Gasteiger charge is 2.15. The van der Waals surface area contributed by atoms with E-state index in [0.717, 1.165) is 17.8 Å². The molecule has 2 heteroatoms. The molecule has 2 aromatic carbocycles. The summed E-state index contributed by atoms with van der Waals surface area (Å²) in [6, 6.07) is 17.0. The SMILES string of the molecule is CC.CNc1ccc(Cc2cc3ccccc3o2)cc1C(C)C(C)C. The Balaban J connectivity index is 0.00000109. The largest absolute Gasteiger partial charge is 0.461 e. The molecular weight excluding hydrogens is 306 g/mol. The van der Waals surface area contributed by atoms with Gasteiger partial charge in [-0.15, -0.1) is 0 Å². The molecule has 0 spiro atoms. The molecule has 25 heavy (non-hydrogen) atoms. The number of anilines is 1. The molecule has 0 bridgehead atoms. The van der Waals surface area contributed by atoms with Gasteiger partial charge in [0.15, 0.2) is 0 Å². The first kappa shape index (κ1) is 19.1. The van der Waals surface area contributed by atoms with Gasteiger partial charge in [0.1, 0.15) is 11.3 Å². The zero-order valence-electron chi connectivity index (χ0n) is 16.4. The van der Waals surface area contributed by atoms with Crippen LogP contribution in [0.25, 0.3) is 11.0 Å². The maximum atomic E-state index is 5.96. The van der Waals surface area contributed by atoms with Crippen LogP contribution < -0.4 is 5.32 Å². The van der Waals surface area contributed by atoms with Gasteiger partial charge in [0.2, 0.25) is 0 Å². The van der Waals surface area contributed by atoms with E-state index in [1.165, 1.54) is 22.2 Å². The van der Waals surface area contributed by atoms with Crippen molar-refractivity contribution < 1.29 is 4.42 Å². The predicted octanol–water partition coefficient (Wildman–Crippen LogP) is 6.85. The maximum Gasteiger partial charge on any atom is 0.134 e. The maximum absolute atomic E-state index is 5.96. The fourth-order valence-electron chi connectivity index (χ4n) is 3.01. The van der Waals surface area contributed by atoms with Gasteiger partial charge in [-0.1, -0.05) is 65.0 Å². The summed E-state index contributed by atoms with van der Waals surface area (Å²) in [6.07, 6.45) is 0.830. The predicted molar refractivity (Wildman–Crippen MR) is 110 cm³/mol. The van der Waals surface area contributed by atoms with Gasteiger partial charge in [-0.25, -0.2) is 0 Å². The molecular formula is C23H31NO. The van der Waals surface area contributed by atoms with E-state index >= 15 is 0 Å². The average Bonchev–Trinajstić information content (AvgIpc) is 3.04. The highest BCUT2D eigenvalue weighted by molar-refractivity contribution is 5.77. The normalized spacial score (nSPS) is 12.0. The number of benzene rings is 2. The van der Waals surface area contributed by atoms with Gasteiger partial charge in [0.05, 0.1) is 0 Å². The minimum atomic E-state index is 0.521. The quantitative estimate of drug-likeness (QED) is 0.550. The molecule has 1 atom stereocenters. The number of para-hydroxylation sites is 1. The summed E-state index contributed by atoms with van der Waals surface area (Å²) >= 11 is 0. The van der Waals surface area contributed by atoms with Crippen LogP contribution in [0.1, 0.15) is 57.4 Å². The molecule has 0 aliphatic rings. The van der Waals surface area contributed by atoms with Gasteiger partial charge in [-0.2, -0.15) is 0 Å². The second kappa shape index (κ2) is 8.75. The second-order valence-electron chi connectivity index (χ2n) is 6.63. The highest BCUT2D eigenvalue weighted by atomic mass is 16.3. The smallest absolute Gasteiger partial charge is 0.134 e. The zero-order chi connectivity index (χ0) is 18.4. The Morgan fingerprint density at radius 3 is 2.32 bits per heavy atom. The van der Waals surface area contributed by atoms with Gasteiger partial charge < -0.3 is 9.73 Å². The second-order valence-corrected chi connectivity index (χ2v) is 6.63. The molecule has 1 N–H and O–H groups in total. The van der Waals surface area contributed by atoms with Crippen LogP contribution in [0.5, 0.6) is 0 Å². The van der Waals surface area contributed by atoms with Gasteiger partial charge in [0.25, 0.3) is 0 Å². The lowest BCUT2D eigenvalue weighted by molar-refractivity contribution is 0.535. The van der Waals surface area contributed by atoms with Crippen LogP contribution in [0.15, 0.2) is 52.9 Å². The molecule has 1 unspecified atom stereocenters. The van der Waals surface area contributed by atoms with Crippen LogP contribution >= 0.6 is 0 Å². The number of fused-ring (bicyclic) bond motifs is 1. The van der Waals surface area contributed by atoms with Crippen molar-refractivity contribution in [3.05, 3.63) is 65.4 Å². The summed E-state index contributed by atoms with van der Waals surface area (Å²) < 4.78 is 5.96. The third-order valence-corrected chi connectivity index (χ3v) is 4.73. The summed E-state index contributed by atoms with van der Waals surface area (Å²) in [5, 5.41) is 4.49. The first-order valence-corrected chi connectivity index (χ1v) is 9.36. The number of nitrogens with one attached hydrogen (secondary N) is 1. The van der Waals surface area contributed by atoms with Crippen LogP contribution in [0.4, 0.5) is 5.69 Å². The molecule has 3 aromatic rings. The highest BCUT2D eigenvalue weighted by Crippen LogP contribution is 2.31. The molecule has 3 rings (SSSR count). The monoisotopic (exact) mass is 337 g/mol. The zero-order valence-corrected chi connectivity index (χ0v) is 16.4. The molecule has 0 aliphatic carbocycles. The Hall–Kier alpha value is -2.22. The average molecular weight is 338 g/mol. The summed E-state index contributed by atoms with van der Waals surface area (Å²) in [7, 11) is 1.99. The molecule has 0 saturated heterocycles. The standard InChI is InChI=1S/C21H25NO.C2H6/c1-14(2)15(3)19-12-16(9-10-20(19)22-4)11-18-13-17-7-5-6-8-21(17)23-18;1-2/h5-10,12-15,22H,11H2,1-4H3;1-2H3. The summed E-state index contributed by atoms with van der Waals surface area (Å²) in [4.78, 5) is 0. The minimum Gasteiger partial charge on any atom is -0.461 e. The molecule has 1 heterocycles. The number of hydrogen-bond donors (Lipinski definition) is 1. The van der Waals surface area contributed by atoms with Crippen molar-refractivity contribution >= 4 is 16.7 Å². The van der Waals surface area contributed by atoms with E-state index in [2.05, 4.69) is 56.4 Å². The van der Waals surface area contributed by atoms with Crippen molar-refractivity contribution in [2.24, 2.45) is 5.92 Å². The topological polar surface area (TPSA) is 25.2 Å². The molecule has 0 saturated carbocycles. The van der Waals surface area contributed by atoms with Crippen LogP contribution in [-0.2, 0) is 6.42 Å². The van der Waals surface area contributed by atoms with Gasteiger partial charge in [-0.05, 0) is 41.2 Å². The Morgan fingerprint density at radius 2 is 1.68 bits per heavy atom. The lowest BCUT2D eigenvalue weighted by Gasteiger charge is -2.20. The van der Waals surface area contributed by atoms with Crippen LogP contribution in [0, 0.1) is 5.92 Å². The molecule has 0 aliphatic heterocycles. The van der Waals surface area contributed by atoms with Crippen molar-refractivity contribution in [3.8, 4) is 0 Å².